The van der Waals surface area contributed by atoms with Gasteiger partial charge >= 0.3 is 0 Å². The van der Waals surface area contributed by atoms with Gasteiger partial charge in [-0.3, -0.25) is 9.59 Å². The lowest BCUT2D eigenvalue weighted by molar-refractivity contribution is -0.122. The summed E-state index contributed by atoms with van der Waals surface area (Å²) in [5.74, 6) is -0.576. The van der Waals surface area contributed by atoms with Crippen LogP contribution < -0.4 is 15.0 Å². The highest BCUT2D eigenvalue weighted by atomic mass is 19.1. The first-order chi connectivity index (χ1) is 12.5. The SMILES string of the molecule is Cc1ccc(N2C[C@@H](C(=O)Nc3ccc4c(c3)CCO4)CC2=O)c(F)c1. The molecule has 2 aliphatic heterocycles. The molecule has 1 atom stereocenters. The summed E-state index contributed by atoms with van der Waals surface area (Å²) >= 11 is 0. The van der Waals surface area contributed by atoms with Gasteiger partial charge in [-0.15, -0.1) is 0 Å². The van der Waals surface area contributed by atoms with Crippen molar-refractivity contribution >= 4 is 23.2 Å². The first-order valence-corrected chi connectivity index (χ1v) is 8.64. The predicted octanol–water partition coefficient (Wildman–Crippen LogP) is 3.06. The Hall–Kier alpha value is -2.89. The smallest absolute Gasteiger partial charge is 0.229 e. The van der Waals surface area contributed by atoms with Crippen LogP contribution in [0.2, 0.25) is 0 Å². The van der Waals surface area contributed by atoms with Gasteiger partial charge in [0.05, 0.1) is 18.2 Å². The minimum Gasteiger partial charge on any atom is -0.493 e. The minimum atomic E-state index is -0.507. The summed E-state index contributed by atoms with van der Waals surface area (Å²) in [7, 11) is 0. The van der Waals surface area contributed by atoms with Gasteiger partial charge in [0.15, 0.2) is 0 Å². The van der Waals surface area contributed by atoms with Gasteiger partial charge in [0.1, 0.15) is 11.6 Å². The van der Waals surface area contributed by atoms with E-state index >= 15 is 0 Å². The van der Waals surface area contributed by atoms with Crippen LogP contribution in [0, 0.1) is 18.7 Å². The van der Waals surface area contributed by atoms with Crippen LogP contribution >= 0.6 is 0 Å². The van der Waals surface area contributed by atoms with Crippen molar-refractivity contribution in [1.29, 1.82) is 0 Å². The third kappa shape index (κ3) is 3.03. The van der Waals surface area contributed by atoms with Crippen LogP contribution in [0.1, 0.15) is 17.5 Å². The Bertz CT molecular complexity index is 897. The van der Waals surface area contributed by atoms with Crippen LogP contribution in [0.3, 0.4) is 0 Å². The summed E-state index contributed by atoms with van der Waals surface area (Å²) < 4.78 is 19.6. The topological polar surface area (TPSA) is 58.6 Å². The third-order valence-corrected chi connectivity index (χ3v) is 4.85. The average molecular weight is 354 g/mol. The molecule has 2 heterocycles. The molecule has 26 heavy (non-hydrogen) atoms. The number of benzene rings is 2. The molecule has 0 saturated carbocycles. The number of anilines is 2. The van der Waals surface area contributed by atoms with Gasteiger partial charge in [0.25, 0.3) is 0 Å². The van der Waals surface area contributed by atoms with E-state index in [-0.39, 0.29) is 30.5 Å². The molecule has 2 aromatic rings. The van der Waals surface area contributed by atoms with Crippen molar-refractivity contribution in [3.05, 3.63) is 53.3 Å². The molecule has 134 valence electrons. The van der Waals surface area contributed by atoms with Crippen LogP contribution in [0.15, 0.2) is 36.4 Å². The van der Waals surface area contributed by atoms with Crippen molar-refractivity contribution in [3.63, 3.8) is 0 Å². The van der Waals surface area contributed by atoms with E-state index in [1.807, 2.05) is 12.1 Å². The van der Waals surface area contributed by atoms with Crippen LogP contribution in [0.4, 0.5) is 15.8 Å². The fourth-order valence-corrected chi connectivity index (χ4v) is 3.46. The van der Waals surface area contributed by atoms with E-state index in [0.717, 1.165) is 23.3 Å². The van der Waals surface area contributed by atoms with Crippen LogP contribution in [-0.4, -0.2) is 25.0 Å². The van der Waals surface area contributed by atoms with Crippen molar-refractivity contribution in [3.8, 4) is 5.75 Å². The summed E-state index contributed by atoms with van der Waals surface area (Å²) in [5.41, 5.74) is 2.76. The Morgan fingerprint density at radius 2 is 2.12 bits per heavy atom. The van der Waals surface area contributed by atoms with Crippen molar-refractivity contribution in [1.82, 2.24) is 0 Å². The second-order valence-electron chi connectivity index (χ2n) is 6.77. The highest BCUT2D eigenvalue weighted by molar-refractivity contribution is 6.03. The number of amides is 2. The Morgan fingerprint density at radius 1 is 1.27 bits per heavy atom. The van der Waals surface area contributed by atoms with E-state index in [1.54, 1.807) is 25.1 Å². The van der Waals surface area contributed by atoms with Crippen molar-refractivity contribution in [2.75, 3.05) is 23.4 Å². The second-order valence-corrected chi connectivity index (χ2v) is 6.77. The first-order valence-electron chi connectivity index (χ1n) is 8.64. The molecule has 1 saturated heterocycles. The number of hydrogen-bond donors (Lipinski definition) is 1. The lowest BCUT2D eigenvalue weighted by atomic mass is 10.1. The molecule has 0 aliphatic carbocycles. The fraction of sp³-hybridized carbons (Fsp3) is 0.300. The highest BCUT2D eigenvalue weighted by Crippen LogP contribution is 2.30. The standard InChI is InChI=1S/C20H19FN2O3/c1-12-2-4-17(16(21)8-12)23-11-14(10-19(23)24)20(25)22-15-3-5-18-13(9-15)6-7-26-18/h2-5,8-9,14H,6-7,10-11H2,1H3,(H,22,25)/t14-/m0/s1. The summed E-state index contributed by atoms with van der Waals surface area (Å²) in [4.78, 5) is 26.2. The van der Waals surface area contributed by atoms with Gasteiger partial charge in [0, 0.05) is 25.1 Å². The quantitative estimate of drug-likeness (QED) is 0.922. The number of nitrogens with zero attached hydrogens (tertiary/aromatic N) is 1. The first kappa shape index (κ1) is 16.6. The Morgan fingerprint density at radius 3 is 2.92 bits per heavy atom. The second kappa shape index (κ2) is 6.44. The molecule has 1 fully saturated rings. The molecular weight excluding hydrogens is 335 g/mol. The zero-order chi connectivity index (χ0) is 18.3. The molecule has 6 heteroatoms. The predicted molar refractivity (Wildman–Crippen MR) is 95.9 cm³/mol. The Labute approximate surface area is 150 Å². The van der Waals surface area contributed by atoms with Gasteiger partial charge in [0.2, 0.25) is 11.8 Å². The molecule has 0 unspecified atom stereocenters. The molecule has 0 bridgehead atoms. The zero-order valence-corrected chi connectivity index (χ0v) is 14.4. The summed E-state index contributed by atoms with van der Waals surface area (Å²) in [6.45, 7) is 2.62. The third-order valence-electron chi connectivity index (χ3n) is 4.85. The number of fused-ring (bicyclic) bond motifs is 1. The van der Waals surface area contributed by atoms with Crippen LogP contribution in [0.25, 0.3) is 0 Å². The van der Waals surface area contributed by atoms with Crippen molar-refractivity contribution in [2.45, 2.75) is 19.8 Å². The summed E-state index contributed by atoms with van der Waals surface area (Å²) in [6.07, 6.45) is 0.897. The molecular formula is C20H19FN2O3. The lowest BCUT2D eigenvalue weighted by Gasteiger charge is -2.18. The van der Waals surface area contributed by atoms with E-state index in [4.69, 9.17) is 4.74 Å². The van der Waals surface area contributed by atoms with E-state index in [0.29, 0.717) is 12.3 Å². The van der Waals surface area contributed by atoms with Crippen LogP contribution in [0.5, 0.6) is 5.75 Å². The normalized spacial score (nSPS) is 18.6. The molecule has 0 aromatic heterocycles. The molecule has 2 aliphatic rings. The maximum Gasteiger partial charge on any atom is 0.229 e. The van der Waals surface area contributed by atoms with Gasteiger partial charge < -0.3 is 15.0 Å². The molecule has 1 N–H and O–H groups in total. The molecule has 2 amide bonds. The fourth-order valence-electron chi connectivity index (χ4n) is 3.46. The van der Waals surface area contributed by atoms with Crippen molar-refractivity contribution in [2.24, 2.45) is 5.92 Å². The number of hydrogen-bond acceptors (Lipinski definition) is 3. The zero-order valence-electron chi connectivity index (χ0n) is 14.4. The minimum absolute atomic E-state index is 0.0766. The Kier molecular flexibility index (Phi) is 4.11. The average Bonchev–Trinajstić information content (AvgIpc) is 3.21. The van der Waals surface area contributed by atoms with E-state index in [2.05, 4.69) is 5.32 Å². The summed E-state index contributed by atoms with van der Waals surface area (Å²) in [5, 5.41) is 2.86. The van der Waals surface area contributed by atoms with Gasteiger partial charge in [-0.05, 0) is 48.4 Å². The number of carbonyl (C=O) groups is 2. The molecule has 4 rings (SSSR count). The number of rotatable bonds is 3. The maximum atomic E-state index is 14.2. The van der Waals surface area contributed by atoms with E-state index < -0.39 is 11.7 Å². The van der Waals surface area contributed by atoms with E-state index in [9.17, 15) is 14.0 Å². The van der Waals surface area contributed by atoms with Gasteiger partial charge in [-0.1, -0.05) is 6.07 Å². The lowest BCUT2D eigenvalue weighted by Crippen LogP contribution is -2.28. The number of carbonyl (C=O) groups excluding carboxylic acids is 2. The summed E-state index contributed by atoms with van der Waals surface area (Å²) in [6, 6.07) is 10.3. The maximum absolute atomic E-state index is 14.2. The largest absolute Gasteiger partial charge is 0.493 e. The van der Waals surface area contributed by atoms with Crippen LogP contribution in [-0.2, 0) is 16.0 Å². The number of ether oxygens (including phenoxy) is 1. The number of nitrogens with one attached hydrogen (secondary N) is 1. The van der Waals surface area contributed by atoms with E-state index in [1.165, 1.54) is 11.0 Å². The van der Waals surface area contributed by atoms with Gasteiger partial charge in [-0.2, -0.15) is 0 Å². The number of halogens is 1. The monoisotopic (exact) mass is 354 g/mol. The molecule has 2 aromatic carbocycles. The molecule has 0 radical (unpaired) electrons. The molecule has 5 nitrogen and oxygen atoms in total. The number of aryl methyl sites for hydroxylation is 1. The Balaban J connectivity index is 1.47. The molecule has 0 spiro atoms. The van der Waals surface area contributed by atoms with Crippen molar-refractivity contribution < 1.29 is 18.7 Å². The highest BCUT2D eigenvalue weighted by Gasteiger charge is 2.36. The van der Waals surface area contributed by atoms with Gasteiger partial charge in [-0.25, -0.2) is 4.39 Å².